The van der Waals surface area contributed by atoms with E-state index in [1.165, 1.54) is 70.6 Å². The molecule has 1 saturated heterocycles. The smallest absolute Gasteiger partial charge is 0.0653 e. The van der Waals surface area contributed by atoms with Crippen LogP contribution in [0.15, 0.2) is 0 Å². The van der Waals surface area contributed by atoms with Crippen molar-refractivity contribution in [3.05, 3.63) is 0 Å². The molecule has 5 aliphatic rings. The summed E-state index contributed by atoms with van der Waals surface area (Å²) in [7, 11) is 0. The van der Waals surface area contributed by atoms with Gasteiger partial charge in [0.15, 0.2) is 0 Å². The second kappa shape index (κ2) is 12.6. The van der Waals surface area contributed by atoms with Gasteiger partial charge in [-0.2, -0.15) is 0 Å². The zero-order valence-corrected chi connectivity index (χ0v) is 25.3. The van der Waals surface area contributed by atoms with Crippen LogP contribution >= 0.6 is 0 Å². The summed E-state index contributed by atoms with van der Waals surface area (Å²) in [5.41, 5.74) is 5.48. The van der Waals surface area contributed by atoms with Crippen molar-refractivity contribution in [3.8, 4) is 0 Å². The first kappa shape index (κ1) is 30.1. The van der Waals surface area contributed by atoms with Crippen LogP contribution in [0.5, 0.6) is 0 Å². The van der Waals surface area contributed by atoms with Crippen LogP contribution in [-0.4, -0.2) is 31.4 Å². The zero-order valence-electron chi connectivity index (χ0n) is 25.3. The summed E-state index contributed by atoms with van der Waals surface area (Å²) in [6.45, 7) is 20.6. The highest BCUT2D eigenvalue weighted by Gasteiger charge is 2.59. The Balaban J connectivity index is 0.000000276. The van der Waals surface area contributed by atoms with Gasteiger partial charge >= 0.3 is 0 Å². The normalized spacial score (nSPS) is 42.6. The third-order valence-corrected chi connectivity index (χ3v) is 11.7. The number of fused-ring (bicyclic) bond motifs is 5. The third-order valence-electron chi connectivity index (χ3n) is 11.7. The summed E-state index contributed by atoms with van der Waals surface area (Å²) in [6.07, 6.45) is 15.9. The molecule has 0 amide bonds. The van der Waals surface area contributed by atoms with E-state index in [0.29, 0.717) is 28.2 Å². The molecule has 5 rings (SSSR count). The molecule has 212 valence electrons. The van der Waals surface area contributed by atoms with E-state index in [0.717, 1.165) is 49.1 Å². The number of hydroxylamine groups is 1. The van der Waals surface area contributed by atoms with E-state index >= 15 is 0 Å². The Kier molecular flexibility index (Phi) is 10.5. The lowest BCUT2D eigenvalue weighted by Gasteiger charge is -2.60. The summed E-state index contributed by atoms with van der Waals surface area (Å²) in [4.78, 5) is 5.10. The fraction of sp³-hybridized carbons (Fsp3) is 0.969. The first-order valence-corrected chi connectivity index (χ1v) is 15.8. The molecule has 4 saturated carbocycles. The minimum Gasteiger partial charge on any atom is -0.312 e. The Morgan fingerprint density at radius 3 is 2.28 bits per heavy atom. The van der Waals surface area contributed by atoms with Crippen molar-refractivity contribution >= 4 is 5.71 Å². The predicted molar refractivity (Wildman–Crippen MR) is 157 cm³/mol. The SMILES string of the molecule is CC.CC(=N)C1CCC2C3CCC4CCCCC4(C)C3CCC12C.CCONCC1NCCC1(C)C.[HH]. The largest absolute Gasteiger partial charge is 0.312 e. The van der Waals surface area contributed by atoms with Gasteiger partial charge in [0, 0.05) is 25.6 Å². The minimum atomic E-state index is 0. The van der Waals surface area contributed by atoms with Gasteiger partial charge in [0.05, 0.1) is 6.61 Å². The molecule has 4 nitrogen and oxygen atoms in total. The van der Waals surface area contributed by atoms with Crippen LogP contribution in [0.2, 0.25) is 0 Å². The maximum Gasteiger partial charge on any atom is 0.0653 e. The first-order chi connectivity index (χ1) is 17.1. The molecule has 0 aromatic heterocycles. The monoisotopic (exact) mass is 505 g/mol. The molecule has 3 N–H and O–H groups in total. The molecule has 0 aromatic rings. The van der Waals surface area contributed by atoms with Crippen LogP contribution in [0.25, 0.3) is 0 Å². The second-order valence-corrected chi connectivity index (χ2v) is 13.8. The lowest BCUT2D eigenvalue weighted by molar-refractivity contribution is -0.106. The maximum atomic E-state index is 8.26. The van der Waals surface area contributed by atoms with Gasteiger partial charge in [-0.15, -0.1) is 0 Å². The van der Waals surface area contributed by atoms with Gasteiger partial charge < -0.3 is 15.6 Å². The van der Waals surface area contributed by atoms with E-state index in [1.807, 2.05) is 20.8 Å². The highest BCUT2D eigenvalue weighted by Crippen LogP contribution is 2.67. The summed E-state index contributed by atoms with van der Waals surface area (Å²) >= 11 is 0. The molecule has 4 aliphatic carbocycles. The summed E-state index contributed by atoms with van der Waals surface area (Å²) < 4.78 is 0. The van der Waals surface area contributed by atoms with E-state index in [2.05, 4.69) is 45.4 Å². The lowest BCUT2D eigenvalue weighted by Crippen LogP contribution is -2.53. The van der Waals surface area contributed by atoms with E-state index < -0.39 is 0 Å². The van der Waals surface area contributed by atoms with Gasteiger partial charge in [0.1, 0.15) is 0 Å². The highest BCUT2D eigenvalue weighted by molar-refractivity contribution is 5.82. The molecule has 5 fully saturated rings. The van der Waals surface area contributed by atoms with Crippen molar-refractivity contribution in [2.45, 2.75) is 132 Å². The van der Waals surface area contributed by atoms with Crippen LogP contribution < -0.4 is 10.8 Å². The number of nitrogens with one attached hydrogen (secondary N) is 3. The second-order valence-electron chi connectivity index (χ2n) is 13.8. The van der Waals surface area contributed by atoms with E-state index in [-0.39, 0.29) is 1.43 Å². The van der Waals surface area contributed by atoms with E-state index in [4.69, 9.17) is 10.2 Å². The molecule has 0 radical (unpaired) electrons. The number of hydrogen-bond donors (Lipinski definition) is 3. The Morgan fingerprint density at radius 1 is 0.917 bits per heavy atom. The Morgan fingerprint density at radius 2 is 1.64 bits per heavy atom. The number of hydrogen-bond acceptors (Lipinski definition) is 4. The predicted octanol–water partition coefficient (Wildman–Crippen LogP) is 8.26. The molecule has 0 aromatic carbocycles. The Labute approximate surface area is 225 Å². The van der Waals surface area contributed by atoms with E-state index in [1.54, 1.807) is 0 Å². The molecule has 0 bridgehead atoms. The zero-order chi connectivity index (χ0) is 26.6. The van der Waals surface area contributed by atoms with Crippen molar-refractivity contribution in [1.82, 2.24) is 10.8 Å². The van der Waals surface area contributed by atoms with Crippen molar-refractivity contribution < 1.29 is 6.26 Å². The molecular weight excluding hydrogens is 442 g/mol. The topological polar surface area (TPSA) is 57.1 Å². The van der Waals surface area contributed by atoms with Gasteiger partial charge in [-0.3, -0.25) is 0 Å². The standard InChI is InChI=1S/C21H35N.C9H20N2O.C2H6.H2/c1-14(22)17-9-10-18-16-8-7-15-6-4-5-12-20(15,2)19(16)11-13-21(17,18)3;1-4-12-11-7-8-9(2,3)5-6-10-8;1-2;/h15-19,22H,4-13H2,1-3H3;8,10-11H,4-7H2,1-3H3;1-2H3;1H. The van der Waals surface area contributed by atoms with Crippen LogP contribution in [-0.2, 0) is 4.84 Å². The summed E-state index contributed by atoms with van der Waals surface area (Å²) in [5.74, 6) is 4.55. The Hall–Kier alpha value is -0.450. The third kappa shape index (κ3) is 5.91. The Bertz CT molecular complexity index is 714. The van der Waals surface area contributed by atoms with Gasteiger partial charge in [0.25, 0.3) is 0 Å². The van der Waals surface area contributed by atoms with Crippen molar-refractivity contribution in [3.63, 3.8) is 0 Å². The van der Waals surface area contributed by atoms with Crippen LogP contribution in [0.4, 0.5) is 0 Å². The number of rotatable bonds is 5. The van der Waals surface area contributed by atoms with Crippen LogP contribution in [0.3, 0.4) is 0 Å². The first-order valence-electron chi connectivity index (χ1n) is 15.8. The van der Waals surface area contributed by atoms with Crippen LogP contribution in [0, 0.1) is 51.2 Å². The van der Waals surface area contributed by atoms with Gasteiger partial charge in [-0.05, 0) is 118 Å². The minimum absolute atomic E-state index is 0. The molecular formula is C32H63N3O. The molecule has 0 spiro atoms. The molecule has 1 heterocycles. The van der Waals surface area contributed by atoms with E-state index in [9.17, 15) is 0 Å². The quantitative estimate of drug-likeness (QED) is 0.200. The summed E-state index contributed by atoms with van der Waals surface area (Å²) in [6, 6.07) is 0.545. The van der Waals surface area contributed by atoms with Crippen molar-refractivity contribution in [1.29, 1.82) is 5.41 Å². The fourth-order valence-electron chi connectivity index (χ4n) is 9.62. The average Bonchev–Trinajstić information content (AvgIpc) is 3.39. The molecule has 4 heteroatoms. The summed E-state index contributed by atoms with van der Waals surface area (Å²) in [5, 5.41) is 11.7. The molecule has 8 atom stereocenters. The lowest BCUT2D eigenvalue weighted by atomic mass is 9.45. The molecule has 8 unspecified atom stereocenters. The van der Waals surface area contributed by atoms with Gasteiger partial charge in [0.2, 0.25) is 0 Å². The maximum absolute atomic E-state index is 8.26. The van der Waals surface area contributed by atoms with Crippen molar-refractivity contribution in [2.24, 2.45) is 45.8 Å². The van der Waals surface area contributed by atoms with Gasteiger partial charge in [-0.25, -0.2) is 5.48 Å². The van der Waals surface area contributed by atoms with Gasteiger partial charge in [-0.1, -0.05) is 54.4 Å². The molecule has 1 aliphatic heterocycles. The van der Waals surface area contributed by atoms with Crippen molar-refractivity contribution in [2.75, 3.05) is 19.7 Å². The molecule has 36 heavy (non-hydrogen) atoms. The highest BCUT2D eigenvalue weighted by atomic mass is 16.6. The average molecular weight is 506 g/mol. The van der Waals surface area contributed by atoms with Crippen LogP contribution in [0.1, 0.15) is 127 Å². The fourth-order valence-corrected chi connectivity index (χ4v) is 9.62.